The summed E-state index contributed by atoms with van der Waals surface area (Å²) in [5.74, 6) is -1.98. The van der Waals surface area contributed by atoms with Crippen molar-refractivity contribution in [3.63, 3.8) is 0 Å². The number of hydrogen-bond donors (Lipinski definition) is 1. The van der Waals surface area contributed by atoms with Crippen molar-refractivity contribution in [2.24, 2.45) is 0 Å². The van der Waals surface area contributed by atoms with Gasteiger partial charge in [-0.15, -0.1) is 0 Å². The fourth-order valence-corrected chi connectivity index (χ4v) is 1.72. The molecule has 1 aliphatic rings. The first kappa shape index (κ1) is 11.1. The van der Waals surface area contributed by atoms with Crippen molar-refractivity contribution in [1.29, 1.82) is 0 Å². The van der Waals surface area contributed by atoms with E-state index in [1.165, 1.54) is 14.2 Å². The van der Waals surface area contributed by atoms with Gasteiger partial charge in [-0.25, -0.2) is 8.78 Å². The minimum atomic E-state index is -1.31. The topological polar surface area (TPSA) is 38.7 Å². The summed E-state index contributed by atoms with van der Waals surface area (Å²) in [7, 11) is 2.65. The highest BCUT2D eigenvalue weighted by atomic mass is 19.2. The predicted octanol–water partition coefficient (Wildman–Crippen LogP) is 1.96. The maximum Gasteiger partial charge on any atom is 0.169 e. The molecule has 0 unspecified atom stereocenters. The molecule has 5 heteroatoms. The average Bonchev–Trinajstić information content (AvgIpc) is 3.00. The van der Waals surface area contributed by atoms with Gasteiger partial charge in [0, 0.05) is 6.07 Å². The highest BCUT2D eigenvalue weighted by molar-refractivity contribution is 5.52. The maximum absolute atomic E-state index is 13.6. The number of rotatable bonds is 3. The summed E-state index contributed by atoms with van der Waals surface area (Å²) in [5.41, 5.74) is -1.46. The third-order valence-electron chi connectivity index (χ3n) is 2.75. The maximum atomic E-state index is 13.6. The Morgan fingerprint density at radius 2 is 1.88 bits per heavy atom. The van der Waals surface area contributed by atoms with E-state index >= 15 is 0 Å². The summed E-state index contributed by atoms with van der Waals surface area (Å²) < 4.78 is 36.8. The number of halogens is 2. The summed E-state index contributed by atoms with van der Waals surface area (Å²) >= 11 is 0. The van der Waals surface area contributed by atoms with Crippen LogP contribution in [0.3, 0.4) is 0 Å². The molecule has 1 aliphatic carbocycles. The van der Waals surface area contributed by atoms with Gasteiger partial charge in [-0.1, -0.05) is 0 Å². The lowest BCUT2D eigenvalue weighted by Crippen LogP contribution is -2.12. The molecule has 0 heterocycles. The molecule has 1 aromatic carbocycles. The Hall–Kier alpha value is -1.36. The Balaban J connectivity index is 2.67. The molecule has 0 aromatic heterocycles. The molecule has 1 fully saturated rings. The van der Waals surface area contributed by atoms with Gasteiger partial charge >= 0.3 is 0 Å². The minimum Gasteiger partial charge on any atom is -0.493 e. The number of methoxy groups -OCH3 is 2. The predicted molar refractivity (Wildman–Crippen MR) is 52.6 cm³/mol. The van der Waals surface area contributed by atoms with E-state index in [2.05, 4.69) is 0 Å². The molecule has 0 aliphatic heterocycles. The first-order valence-electron chi connectivity index (χ1n) is 4.86. The van der Waals surface area contributed by atoms with E-state index < -0.39 is 17.2 Å². The van der Waals surface area contributed by atoms with Crippen molar-refractivity contribution < 1.29 is 23.4 Å². The highest BCUT2D eigenvalue weighted by Crippen LogP contribution is 2.52. The van der Waals surface area contributed by atoms with Gasteiger partial charge < -0.3 is 14.6 Å². The highest BCUT2D eigenvalue weighted by Gasteiger charge is 2.48. The van der Waals surface area contributed by atoms with Crippen LogP contribution in [0, 0.1) is 11.6 Å². The van der Waals surface area contributed by atoms with Crippen molar-refractivity contribution in [2.45, 2.75) is 18.4 Å². The second-order valence-electron chi connectivity index (χ2n) is 3.81. The summed E-state index contributed by atoms with van der Waals surface area (Å²) in [6.45, 7) is 0. The second-order valence-corrected chi connectivity index (χ2v) is 3.81. The van der Waals surface area contributed by atoms with E-state index in [9.17, 15) is 13.9 Å². The number of aliphatic hydroxyl groups is 1. The van der Waals surface area contributed by atoms with Gasteiger partial charge in [0.25, 0.3) is 0 Å². The standard InChI is InChI=1S/C11H12F2O3/c1-15-7-5-6(12)9(13)8(10(7)16-2)11(14)3-4-11/h5,14H,3-4H2,1-2H3. The number of benzene rings is 1. The molecule has 16 heavy (non-hydrogen) atoms. The van der Waals surface area contributed by atoms with Crippen molar-refractivity contribution >= 4 is 0 Å². The lowest BCUT2D eigenvalue weighted by atomic mass is 10.0. The van der Waals surface area contributed by atoms with Crippen LogP contribution in [0.25, 0.3) is 0 Å². The van der Waals surface area contributed by atoms with Crippen LogP contribution in [-0.4, -0.2) is 19.3 Å². The molecule has 1 aromatic rings. The van der Waals surface area contributed by atoms with Gasteiger partial charge in [-0.2, -0.15) is 0 Å². The van der Waals surface area contributed by atoms with Gasteiger partial charge in [0.15, 0.2) is 23.1 Å². The molecule has 2 rings (SSSR count). The Labute approximate surface area is 91.6 Å². The number of hydrogen-bond acceptors (Lipinski definition) is 3. The monoisotopic (exact) mass is 230 g/mol. The van der Waals surface area contributed by atoms with Crippen molar-refractivity contribution in [3.05, 3.63) is 23.3 Å². The van der Waals surface area contributed by atoms with Crippen LogP contribution in [0.2, 0.25) is 0 Å². The van der Waals surface area contributed by atoms with E-state index in [0.29, 0.717) is 12.8 Å². The Kier molecular flexibility index (Phi) is 2.50. The van der Waals surface area contributed by atoms with Gasteiger partial charge in [0.1, 0.15) is 0 Å². The van der Waals surface area contributed by atoms with Gasteiger partial charge in [0.2, 0.25) is 0 Å². The summed E-state index contributed by atoms with van der Waals surface area (Å²) in [6, 6.07) is 0.906. The van der Waals surface area contributed by atoms with Crippen molar-refractivity contribution in [2.75, 3.05) is 14.2 Å². The fraction of sp³-hybridized carbons (Fsp3) is 0.455. The van der Waals surface area contributed by atoms with E-state index in [-0.39, 0.29) is 17.1 Å². The van der Waals surface area contributed by atoms with Crippen LogP contribution in [0.4, 0.5) is 8.78 Å². The van der Waals surface area contributed by atoms with E-state index in [4.69, 9.17) is 9.47 Å². The number of ether oxygens (including phenoxy) is 2. The lowest BCUT2D eigenvalue weighted by Gasteiger charge is -2.17. The van der Waals surface area contributed by atoms with Crippen molar-refractivity contribution in [1.82, 2.24) is 0 Å². The van der Waals surface area contributed by atoms with Crippen LogP contribution in [-0.2, 0) is 5.60 Å². The molecule has 0 spiro atoms. The first-order chi connectivity index (χ1) is 7.53. The largest absolute Gasteiger partial charge is 0.493 e. The lowest BCUT2D eigenvalue weighted by molar-refractivity contribution is 0.140. The molecule has 0 bridgehead atoms. The van der Waals surface area contributed by atoms with Gasteiger partial charge in [-0.05, 0) is 12.8 Å². The molecule has 3 nitrogen and oxygen atoms in total. The molecule has 0 saturated heterocycles. The van der Waals surface area contributed by atoms with Gasteiger partial charge in [-0.3, -0.25) is 0 Å². The zero-order valence-corrected chi connectivity index (χ0v) is 9.01. The molecular formula is C11H12F2O3. The van der Waals surface area contributed by atoms with Gasteiger partial charge in [0.05, 0.1) is 25.4 Å². The molecule has 88 valence electrons. The SMILES string of the molecule is COc1cc(F)c(F)c(C2(O)CC2)c1OC. The zero-order valence-electron chi connectivity index (χ0n) is 9.01. The molecule has 1 saturated carbocycles. The minimum absolute atomic E-state index is 0.0569. The van der Waals surface area contributed by atoms with E-state index in [1.54, 1.807) is 0 Å². The Bertz CT molecular complexity index is 428. The summed E-state index contributed by atoms with van der Waals surface area (Å²) in [5, 5.41) is 9.90. The van der Waals surface area contributed by atoms with Crippen LogP contribution >= 0.6 is 0 Å². The molecule has 1 N–H and O–H groups in total. The molecule has 0 amide bonds. The third-order valence-corrected chi connectivity index (χ3v) is 2.75. The normalized spacial score (nSPS) is 17.1. The van der Waals surface area contributed by atoms with E-state index in [0.717, 1.165) is 6.07 Å². The summed E-state index contributed by atoms with van der Waals surface area (Å²) in [4.78, 5) is 0. The van der Waals surface area contributed by atoms with Crippen LogP contribution in [0.1, 0.15) is 18.4 Å². The average molecular weight is 230 g/mol. The Morgan fingerprint density at radius 3 is 2.31 bits per heavy atom. The van der Waals surface area contributed by atoms with E-state index in [1.807, 2.05) is 0 Å². The molecule has 0 atom stereocenters. The quantitative estimate of drug-likeness (QED) is 0.862. The van der Waals surface area contributed by atoms with Crippen LogP contribution < -0.4 is 9.47 Å². The fourth-order valence-electron chi connectivity index (χ4n) is 1.72. The summed E-state index contributed by atoms with van der Waals surface area (Å²) in [6.07, 6.45) is 0.791. The van der Waals surface area contributed by atoms with Crippen molar-refractivity contribution in [3.8, 4) is 11.5 Å². The van der Waals surface area contributed by atoms with Crippen LogP contribution in [0.15, 0.2) is 6.07 Å². The third kappa shape index (κ3) is 1.51. The zero-order chi connectivity index (χ0) is 11.9. The Morgan fingerprint density at radius 1 is 1.25 bits per heavy atom. The second kappa shape index (κ2) is 3.59. The smallest absolute Gasteiger partial charge is 0.169 e. The first-order valence-corrected chi connectivity index (χ1v) is 4.86. The molecule has 0 radical (unpaired) electrons. The van der Waals surface area contributed by atoms with Crippen LogP contribution in [0.5, 0.6) is 11.5 Å². The molecular weight excluding hydrogens is 218 g/mol.